The van der Waals surface area contributed by atoms with Crippen molar-refractivity contribution in [2.45, 2.75) is 59.4 Å². The molecule has 0 bridgehead atoms. The van der Waals surface area contributed by atoms with E-state index in [9.17, 15) is 4.79 Å². The topological polar surface area (TPSA) is 38.3 Å². The fraction of sp³-hybridized carbons (Fsp3) is 0.923. The molecule has 96 valence electrons. The van der Waals surface area contributed by atoms with Crippen molar-refractivity contribution in [3.63, 3.8) is 0 Å². The lowest BCUT2D eigenvalue weighted by atomic mass is 9.82. The van der Waals surface area contributed by atoms with Gasteiger partial charge in [-0.15, -0.1) is 0 Å². The standard InChI is InChI=1S/C13H27NO2/c1-12(2,3)10-13(4,5)14-9-7-8-11(15)16-6/h14H,7-10H2,1-6H3. The van der Waals surface area contributed by atoms with Crippen LogP contribution in [0.1, 0.15) is 53.9 Å². The van der Waals surface area contributed by atoms with Crippen LogP contribution >= 0.6 is 0 Å². The van der Waals surface area contributed by atoms with Gasteiger partial charge in [0.25, 0.3) is 0 Å². The Labute approximate surface area is 99.9 Å². The van der Waals surface area contributed by atoms with Gasteiger partial charge in [0.2, 0.25) is 0 Å². The summed E-state index contributed by atoms with van der Waals surface area (Å²) in [6.45, 7) is 12.0. The van der Waals surface area contributed by atoms with Crippen LogP contribution in [-0.2, 0) is 9.53 Å². The Kier molecular flexibility index (Phi) is 6.01. The Morgan fingerprint density at radius 3 is 2.19 bits per heavy atom. The summed E-state index contributed by atoms with van der Waals surface area (Å²) in [5, 5.41) is 3.49. The second kappa shape index (κ2) is 6.24. The summed E-state index contributed by atoms with van der Waals surface area (Å²) in [5.74, 6) is -0.129. The minimum atomic E-state index is -0.129. The Balaban J connectivity index is 3.78. The Bertz CT molecular complexity index is 216. The molecule has 0 rings (SSSR count). The Morgan fingerprint density at radius 2 is 1.75 bits per heavy atom. The van der Waals surface area contributed by atoms with Crippen molar-refractivity contribution < 1.29 is 9.53 Å². The van der Waals surface area contributed by atoms with Gasteiger partial charge in [-0.2, -0.15) is 0 Å². The largest absolute Gasteiger partial charge is 0.469 e. The third-order valence-corrected chi connectivity index (χ3v) is 2.36. The first-order valence-electron chi connectivity index (χ1n) is 5.98. The van der Waals surface area contributed by atoms with Gasteiger partial charge in [0, 0.05) is 12.0 Å². The van der Waals surface area contributed by atoms with E-state index in [-0.39, 0.29) is 11.5 Å². The third-order valence-electron chi connectivity index (χ3n) is 2.36. The summed E-state index contributed by atoms with van der Waals surface area (Å²) in [7, 11) is 1.43. The summed E-state index contributed by atoms with van der Waals surface area (Å²) < 4.78 is 4.60. The highest BCUT2D eigenvalue weighted by molar-refractivity contribution is 5.69. The zero-order valence-corrected chi connectivity index (χ0v) is 11.6. The summed E-state index contributed by atoms with van der Waals surface area (Å²) >= 11 is 0. The van der Waals surface area contributed by atoms with E-state index in [0.29, 0.717) is 11.8 Å². The maximum Gasteiger partial charge on any atom is 0.305 e. The van der Waals surface area contributed by atoms with Gasteiger partial charge in [-0.25, -0.2) is 0 Å². The van der Waals surface area contributed by atoms with Crippen LogP contribution < -0.4 is 5.32 Å². The number of hydrogen-bond acceptors (Lipinski definition) is 3. The molecule has 0 saturated carbocycles. The molecule has 0 aromatic rings. The van der Waals surface area contributed by atoms with Gasteiger partial charge in [-0.3, -0.25) is 4.79 Å². The van der Waals surface area contributed by atoms with Crippen LogP contribution in [0.5, 0.6) is 0 Å². The number of esters is 1. The minimum Gasteiger partial charge on any atom is -0.469 e. The lowest BCUT2D eigenvalue weighted by molar-refractivity contribution is -0.140. The van der Waals surface area contributed by atoms with Crippen LogP contribution in [0.4, 0.5) is 0 Å². The molecule has 0 aromatic heterocycles. The molecule has 1 N–H and O–H groups in total. The van der Waals surface area contributed by atoms with Crippen LogP contribution in [0.3, 0.4) is 0 Å². The van der Waals surface area contributed by atoms with Gasteiger partial charge in [0.15, 0.2) is 0 Å². The quantitative estimate of drug-likeness (QED) is 0.562. The summed E-state index contributed by atoms with van der Waals surface area (Å²) in [5.41, 5.74) is 0.438. The van der Waals surface area contributed by atoms with E-state index in [1.807, 2.05) is 0 Å². The van der Waals surface area contributed by atoms with Gasteiger partial charge in [-0.1, -0.05) is 20.8 Å². The van der Waals surface area contributed by atoms with Crippen molar-refractivity contribution in [3.05, 3.63) is 0 Å². The Morgan fingerprint density at radius 1 is 1.19 bits per heavy atom. The van der Waals surface area contributed by atoms with E-state index in [4.69, 9.17) is 0 Å². The van der Waals surface area contributed by atoms with Gasteiger partial charge in [0.1, 0.15) is 0 Å². The molecule has 0 aliphatic carbocycles. The minimum absolute atomic E-state index is 0.119. The molecule has 16 heavy (non-hydrogen) atoms. The molecule has 0 aliphatic heterocycles. The highest BCUT2D eigenvalue weighted by Gasteiger charge is 2.24. The average molecular weight is 229 g/mol. The number of nitrogens with one attached hydrogen (secondary N) is 1. The maximum atomic E-state index is 10.9. The molecule has 0 atom stereocenters. The zero-order valence-electron chi connectivity index (χ0n) is 11.6. The molecule has 0 fully saturated rings. The number of methoxy groups -OCH3 is 1. The van der Waals surface area contributed by atoms with Crippen molar-refractivity contribution in [2.75, 3.05) is 13.7 Å². The van der Waals surface area contributed by atoms with Crippen molar-refractivity contribution in [1.82, 2.24) is 5.32 Å². The number of carbonyl (C=O) groups excluding carboxylic acids is 1. The predicted molar refractivity (Wildman–Crippen MR) is 67.4 cm³/mol. The number of rotatable bonds is 6. The van der Waals surface area contributed by atoms with Gasteiger partial charge in [0.05, 0.1) is 7.11 Å². The Hall–Kier alpha value is -0.570. The highest BCUT2D eigenvalue weighted by Crippen LogP contribution is 2.26. The molecule has 0 amide bonds. The first-order chi connectivity index (χ1) is 7.16. The molecule has 0 unspecified atom stereocenters. The summed E-state index contributed by atoms with van der Waals surface area (Å²) in [6, 6.07) is 0. The van der Waals surface area contributed by atoms with Crippen molar-refractivity contribution in [2.24, 2.45) is 5.41 Å². The molecule has 0 spiro atoms. The van der Waals surface area contributed by atoms with Crippen molar-refractivity contribution in [1.29, 1.82) is 0 Å². The summed E-state index contributed by atoms with van der Waals surface area (Å²) in [4.78, 5) is 10.9. The molecule has 0 saturated heterocycles. The van der Waals surface area contributed by atoms with E-state index in [2.05, 4.69) is 44.7 Å². The monoisotopic (exact) mass is 229 g/mol. The molecule has 0 aliphatic rings. The maximum absolute atomic E-state index is 10.9. The predicted octanol–water partition coefficient (Wildman–Crippen LogP) is 2.74. The normalized spacial score (nSPS) is 12.6. The van der Waals surface area contributed by atoms with Gasteiger partial charge in [-0.05, 0) is 38.6 Å². The fourth-order valence-corrected chi connectivity index (χ4v) is 2.15. The number of ether oxygens (including phenoxy) is 1. The molecule has 3 nitrogen and oxygen atoms in total. The van der Waals surface area contributed by atoms with Gasteiger partial charge < -0.3 is 10.1 Å². The van der Waals surface area contributed by atoms with E-state index in [1.54, 1.807) is 0 Å². The van der Waals surface area contributed by atoms with E-state index < -0.39 is 0 Å². The van der Waals surface area contributed by atoms with E-state index >= 15 is 0 Å². The molecule has 3 heteroatoms. The molecule has 0 radical (unpaired) electrons. The van der Waals surface area contributed by atoms with Crippen LogP contribution in [-0.4, -0.2) is 25.2 Å². The molecule has 0 aromatic carbocycles. The SMILES string of the molecule is COC(=O)CCCNC(C)(C)CC(C)(C)C. The number of hydrogen-bond donors (Lipinski definition) is 1. The van der Waals surface area contributed by atoms with Crippen LogP contribution in [0.15, 0.2) is 0 Å². The fourth-order valence-electron chi connectivity index (χ4n) is 2.15. The third kappa shape index (κ3) is 8.72. The molecular weight excluding hydrogens is 202 g/mol. The lowest BCUT2D eigenvalue weighted by Gasteiger charge is -2.33. The second-order valence-corrected chi connectivity index (χ2v) is 6.23. The van der Waals surface area contributed by atoms with E-state index in [1.165, 1.54) is 7.11 Å². The number of carbonyl (C=O) groups is 1. The highest BCUT2D eigenvalue weighted by atomic mass is 16.5. The van der Waals surface area contributed by atoms with Gasteiger partial charge >= 0.3 is 5.97 Å². The molecule has 0 heterocycles. The van der Waals surface area contributed by atoms with Crippen molar-refractivity contribution in [3.8, 4) is 0 Å². The molecular formula is C13H27NO2. The van der Waals surface area contributed by atoms with Crippen LogP contribution in [0.2, 0.25) is 0 Å². The second-order valence-electron chi connectivity index (χ2n) is 6.23. The summed E-state index contributed by atoms with van der Waals surface area (Å²) in [6.07, 6.45) is 2.44. The van der Waals surface area contributed by atoms with E-state index in [0.717, 1.165) is 19.4 Å². The first-order valence-corrected chi connectivity index (χ1v) is 5.98. The van der Waals surface area contributed by atoms with Crippen LogP contribution in [0, 0.1) is 5.41 Å². The average Bonchev–Trinajstić information content (AvgIpc) is 2.08. The van der Waals surface area contributed by atoms with Crippen molar-refractivity contribution >= 4 is 5.97 Å². The lowest BCUT2D eigenvalue weighted by Crippen LogP contribution is -2.42. The first kappa shape index (κ1) is 15.4. The smallest absolute Gasteiger partial charge is 0.305 e. The zero-order chi connectivity index (χ0) is 12.8. The van der Waals surface area contributed by atoms with Crippen LogP contribution in [0.25, 0.3) is 0 Å².